The number of ether oxygens (including phenoxy) is 2. The fraction of sp³-hybridized carbons (Fsp3) is 0.625. The average Bonchev–Trinajstić information content (AvgIpc) is 2.42. The highest BCUT2D eigenvalue weighted by Gasteiger charge is 2.10. The van der Waals surface area contributed by atoms with Gasteiger partial charge >= 0.3 is 0 Å². The third-order valence-electron chi connectivity index (χ3n) is 3.08. The summed E-state index contributed by atoms with van der Waals surface area (Å²) in [6, 6.07) is 6.45. The van der Waals surface area contributed by atoms with Gasteiger partial charge < -0.3 is 14.8 Å². The largest absolute Gasteiger partial charge is 0.493 e. The van der Waals surface area contributed by atoms with Crippen molar-refractivity contribution in [1.82, 2.24) is 5.32 Å². The van der Waals surface area contributed by atoms with E-state index in [1.54, 1.807) is 7.11 Å². The molecule has 1 rings (SSSR count). The maximum atomic E-state index is 5.91. The van der Waals surface area contributed by atoms with Crippen molar-refractivity contribution in [2.75, 3.05) is 20.3 Å². The number of benzene rings is 1. The van der Waals surface area contributed by atoms with Gasteiger partial charge in [-0.25, -0.2) is 0 Å². The smallest absolute Gasteiger partial charge is 0.161 e. The number of methoxy groups -OCH3 is 1. The molecule has 0 heterocycles. The van der Waals surface area contributed by atoms with E-state index in [0.29, 0.717) is 12.6 Å². The van der Waals surface area contributed by atoms with Crippen LogP contribution in [0.4, 0.5) is 0 Å². The monoisotopic (exact) mass is 265 g/mol. The molecular weight excluding hydrogens is 238 g/mol. The third-order valence-corrected chi connectivity index (χ3v) is 3.08. The number of hydrogen-bond donors (Lipinski definition) is 1. The van der Waals surface area contributed by atoms with E-state index in [1.807, 2.05) is 18.2 Å². The van der Waals surface area contributed by atoms with Gasteiger partial charge in [0, 0.05) is 6.04 Å². The van der Waals surface area contributed by atoms with E-state index in [0.717, 1.165) is 37.3 Å². The van der Waals surface area contributed by atoms with E-state index < -0.39 is 0 Å². The summed E-state index contributed by atoms with van der Waals surface area (Å²) in [5.74, 6) is 1.64. The van der Waals surface area contributed by atoms with Crippen LogP contribution in [0.15, 0.2) is 18.2 Å². The van der Waals surface area contributed by atoms with Gasteiger partial charge in [-0.3, -0.25) is 0 Å². The topological polar surface area (TPSA) is 30.5 Å². The molecule has 0 saturated carbocycles. The first-order valence-corrected chi connectivity index (χ1v) is 7.22. The van der Waals surface area contributed by atoms with Gasteiger partial charge in [-0.15, -0.1) is 0 Å². The maximum Gasteiger partial charge on any atom is 0.161 e. The molecule has 0 bridgehead atoms. The van der Waals surface area contributed by atoms with Crippen LogP contribution in [0.25, 0.3) is 0 Å². The van der Waals surface area contributed by atoms with Gasteiger partial charge in [0.2, 0.25) is 0 Å². The molecule has 108 valence electrons. The fourth-order valence-corrected chi connectivity index (χ4v) is 2.03. The minimum atomic E-state index is 0.413. The van der Waals surface area contributed by atoms with Gasteiger partial charge in [0.05, 0.1) is 7.11 Å². The molecule has 0 radical (unpaired) electrons. The lowest BCUT2D eigenvalue weighted by molar-refractivity contribution is 0.244. The number of hydrogen-bond acceptors (Lipinski definition) is 3. The van der Waals surface area contributed by atoms with Crippen molar-refractivity contribution in [2.45, 2.75) is 46.1 Å². The highest BCUT2D eigenvalue weighted by atomic mass is 16.5. The highest BCUT2D eigenvalue weighted by molar-refractivity contribution is 5.42. The summed E-state index contributed by atoms with van der Waals surface area (Å²) in [7, 11) is 1.68. The Kier molecular flexibility index (Phi) is 7.34. The second kappa shape index (κ2) is 8.81. The molecule has 0 aromatic heterocycles. The predicted molar refractivity (Wildman–Crippen MR) is 80.2 cm³/mol. The molecule has 0 aliphatic carbocycles. The summed E-state index contributed by atoms with van der Waals surface area (Å²) < 4.78 is 11.3. The lowest BCUT2D eigenvalue weighted by Gasteiger charge is -2.19. The van der Waals surface area contributed by atoms with Crippen LogP contribution in [0.1, 0.15) is 38.7 Å². The van der Waals surface area contributed by atoms with Gasteiger partial charge in [-0.05, 0) is 44.0 Å². The predicted octanol–water partition coefficient (Wildman–Crippen LogP) is 3.55. The second-order valence-electron chi connectivity index (χ2n) is 4.91. The van der Waals surface area contributed by atoms with Crippen LogP contribution in [0, 0.1) is 6.92 Å². The van der Waals surface area contributed by atoms with Gasteiger partial charge in [0.15, 0.2) is 11.5 Å². The van der Waals surface area contributed by atoms with Crippen LogP contribution in [-0.4, -0.2) is 26.3 Å². The quantitative estimate of drug-likeness (QED) is 0.740. The SMILES string of the molecule is CCCNC(CCC)COc1ccc(C)cc1OC. The van der Waals surface area contributed by atoms with E-state index in [-0.39, 0.29) is 0 Å². The zero-order chi connectivity index (χ0) is 14.1. The minimum Gasteiger partial charge on any atom is -0.493 e. The van der Waals surface area contributed by atoms with Gasteiger partial charge in [-0.1, -0.05) is 26.3 Å². The first-order chi connectivity index (χ1) is 9.21. The van der Waals surface area contributed by atoms with E-state index in [4.69, 9.17) is 9.47 Å². The molecule has 0 saturated heterocycles. The Morgan fingerprint density at radius 3 is 2.58 bits per heavy atom. The van der Waals surface area contributed by atoms with Gasteiger partial charge in [0.25, 0.3) is 0 Å². The van der Waals surface area contributed by atoms with E-state index in [2.05, 4.69) is 26.1 Å². The van der Waals surface area contributed by atoms with Crippen LogP contribution in [-0.2, 0) is 0 Å². The van der Waals surface area contributed by atoms with Crippen molar-refractivity contribution in [3.05, 3.63) is 23.8 Å². The van der Waals surface area contributed by atoms with E-state index in [1.165, 1.54) is 5.56 Å². The summed E-state index contributed by atoms with van der Waals surface area (Å²) in [6.45, 7) is 8.16. The molecular formula is C16H27NO2. The molecule has 0 aliphatic heterocycles. The molecule has 1 unspecified atom stereocenters. The minimum absolute atomic E-state index is 0.413. The summed E-state index contributed by atoms with van der Waals surface area (Å²) in [5.41, 5.74) is 1.18. The molecule has 1 N–H and O–H groups in total. The Labute approximate surface area is 117 Å². The Hall–Kier alpha value is -1.22. The Bertz CT molecular complexity index is 366. The van der Waals surface area contributed by atoms with Gasteiger partial charge in [-0.2, -0.15) is 0 Å². The average molecular weight is 265 g/mol. The summed E-state index contributed by atoms with van der Waals surface area (Å²) in [4.78, 5) is 0. The lowest BCUT2D eigenvalue weighted by Crippen LogP contribution is -2.35. The Balaban J connectivity index is 2.57. The Morgan fingerprint density at radius 2 is 1.95 bits per heavy atom. The molecule has 1 aromatic carbocycles. The Morgan fingerprint density at radius 1 is 1.16 bits per heavy atom. The van der Waals surface area contributed by atoms with Crippen LogP contribution in [0.5, 0.6) is 11.5 Å². The third kappa shape index (κ3) is 5.52. The van der Waals surface area contributed by atoms with E-state index in [9.17, 15) is 0 Å². The first-order valence-electron chi connectivity index (χ1n) is 7.22. The molecule has 1 aromatic rings. The highest BCUT2D eigenvalue weighted by Crippen LogP contribution is 2.27. The molecule has 0 spiro atoms. The number of aryl methyl sites for hydroxylation is 1. The van der Waals surface area contributed by atoms with Crippen molar-refractivity contribution in [3.63, 3.8) is 0 Å². The summed E-state index contributed by atoms with van der Waals surface area (Å²) in [6.07, 6.45) is 3.44. The fourth-order valence-electron chi connectivity index (χ4n) is 2.03. The molecule has 3 heteroatoms. The van der Waals surface area contributed by atoms with Crippen LogP contribution in [0.2, 0.25) is 0 Å². The molecule has 0 amide bonds. The summed E-state index contributed by atoms with van der Waals surface area (Å²) >= 11 is 0. The second-order valence-corrected chi connectivity index (χ2v) is 4.91. The normalized spacial score (nSPS) is 12.2. The number of rotatable bonds is 9. The van der Waals surface area contributed by atoms with E-state index >= 15 is 0 Å². The van der Waals surface area contributed by atoms with Crippen molar-refractivity contribution in [3.8, 4) is 11.5 Å². The van der Waals surface area contributed by atoms with Crippen molar-refractivity contribution >= 4 is 0 Å². The zero-order valence-electron chi connectivity index (χ0n) is 12.7. The van der Waals surface area contributed by atoms with Crippen LogP contribution < -0.4 is 14.8 Å². The van der Waals surface area contributed by atoms with Crippen LogP contribution >= 0.6 is 0 Å². The van der Waals surface area contributed by atoms with Crippen molar-refractivity contribution in [2.24, 2.45) is 0 Å². The first kappa shape index (κ1) is 15.8. The molecule has 3 nitrogen and oxygen atoms in total. The number of nitrogens with one attached hydrogen (secondary N) is 1. The molecule has 0 fully saturated rings. The summed E-state index contributed by atoms with van der Waals surface area (Å²) in [5, 5.41) is 3.52. The zero-order valence-corrected chi connectivity index (χ0v) is 12.7. The van der Waals surface area contributed by atoms with Gasteiger partial charge in [0.1, 0.15) is 6.61 Å². The standard InChI is InChI=1S/C16H27NO2/c1-5-7-14(17-10-6-2)12-19-15-9-8-13(3)11-16(15)18-4/h8-9,11,14,17H,5-7,10,12H2,1-4H3. The molecule has 1 atom stereocenters. The lowest BCUT2D eigenvalue weighted by atomic mass is 10.1. The van der Waals surface area contributed by atoms with Crippen molar-refractivity contribution in [1.29, 1.82) is 0 Å². The van der Waals surface area contributed by atoms with Crippen molar-refractivity contribution < 1.29 is 9.47 Å². The molecule has 0 aliphatic rings. The maximum absolute atomic E-state index is 5.91. The van der Waals surface area contributed by atoms with Crippen LogP contribution in [0.3, 0.4) is 0 Å². The molecule has 19 heavy (non-hydrogen) atoms.